The molecule has 22 heavy (non-hydrogen) atoms. The molecule has 0 spiro atoms. The Morgan fingerprint density at radius 1 is 1.23 bits per heavy atom. The first-order valence-electron chi connectivity index (χ1n) is 6.34. The van der Waals surface area contributed by atoms with E-state index in [1.54, 1.807) is 11.4 Å². The van der Waals surface area contributed by atoms with Crippen LogP contribution in [0.1, 0.15) is 20.8 Å². The number of anilines is 1. The topological polar surface area (TPSA) is 42.0 Å². The number of carbonyl (C=O) groups is 1. The number of carbonyl (C=O) groups excluding carboxylic acids is 1. The van der Waals surface area contributed by atoms with Crippen molar-refractivity contribution >= 4 is 33.7 Å². The number of aromatic nitrogens is 1. The lowest BCUT2D eigenvalue weighted by Crippen LogP contribution is -2.10. The van der Waals surface area contributed by atoms with Crippen LogP contribution in [0.15, 0.2) is 41.2 Å². The van der Waals surface area contributed by atoms with E-state index in [0.29, 0.717) is 15.6 Å². The number of rotatable bonds is 4. The third-order valence-electron chi connectivity index (χ3n) is 2.97. The van der Waals surface area contributed by atoms with Gasteiger partial charge in [-0.3, -0.25) is 10.1 Å². The molecule has 1 amide bonds. The minimum Gasteiger partial charge on any atom is -0.298 e. The first-order valence-corrected chi connectivity index (χ1v) is 8.10. The lowest BCUT2D eigenvalue weighted by Gasteiger charge is -2.02. The van der Waals surface area contributed by atoms with Crippen molar-refractivity contribution in [3.05, 3.63) is 68.9 Å². The molecule has 0 aliphatic heterocycles. The molecule has 112 valence electrons. The van der Waals surface area contributed by atoms with Gasteiger partial charge in [0.1, 0.15) is 11.6 Å². The van der Waals surface area contributed by atoms with Crippen molar-refractivity contribution in [2.45, 2.75) is 6.42 Å². The molecule has 3 aromatic rings. The van der Waals surface area contributed by atoms with Gasteiger partial charge in [0.05, 0.1) is 5.56 Å². The number of amides is 1. The summed E-state index contributed by atoms with van der Waals surface area (Å²) < 4.78 is 27.2. The molecular weight excluding hydrogens is 326 g/mol. The van der Waals surface area contributed by atoms with Crippen molar-refractivity contribution in [1.82, 2.24) is 4.98 Å². The van der Waals surface area contributed by atoms with E-state index in [9.17, 15) is 13.6 Å². The Morgan fingerprint density at radius 2 is 2.00 bits per heavy atom. The predicted molar refractivity (Wildman–Crippen MR) is 83.6 cm³/mol. The van der Waals surface area contributed by atoms with Crippen molar-refractivity contribution in [3.63, 3.8) is 0 Å². The molecule has 0 saturated heterocycles. The number of benzene rings is 1. The van der Waals surface area contributed by atoms with Gasteiger partial charge in [-0.15, -0.1) is 11.3 Å². The van der Waals surface area contributed by atoms with E-state index < -0.39 is 11.6 Å². The molecule has 0 saturated carbocycles. The van der Waals surface area contributed by atoms with Crippen molar-refractivity contribution in [2.75, 3.05) is 5.32 Å². The molecule has 0 unspecified atom stereocenters. The SMILES string of the molecule is O=C(Nc1ncc(Cc2c(F)cccc2F)s1)c1ccsc1. The van der Waals surface area contributed by atoms with Crippen molar-refractivity contribution in [3.8, 4) is 0 Å². The van der Waals surface area contributed by atoms with Gasteiger partial charge in [-0.25, -0.2) is 13.8 Å². The zero-order chi connectivity index (χ0) is 15.5. The van der Waals surface area contributed by atoms with Gasteiger partial charge < -0.3 is 0 Å². The highest BCUT2D eigenvalue weighted by atomic mass is 32.1. The zero-order valence-corrected chi connectivity index (χ0v) is 12.8. The fraction of sp³-hybridized carbons (Fsp3) is 0.0667. The monoisotopic (exact) mass is 336 g/mol. The first-order chi connectivity index (χ1) is 10.6. The summed E-state index contributed by atoms with van der Waals surface area (Å²) in [5, 5.41) is 6.62. The highest BCUT2D eigenvalue weighted by molar-refractivity contribution is 7.15. The molecule has 0 aliphatic rings. The van der Waals surface area contributed by atoms with E-state index in [4.69, 9.17) is 0 Å². The average Bonchev–Trinajstić information content (AvgIpc) is 3.15. The van der Waals surface area contributed by atoms with E-state index in [1.165, 1.54) is 47.1 Å². The summed E-state index contributed by atoms with van der Waals surface area (Å²) in [6.45, 7) is 0. The summed E-state index contributed by atoms with van der Waals surface area (Å²) in [6, 6.07) is 5.48. The zero-order valence-electron chi connectivity index (χ0n) is 11.2. The maximum atomic E-state index is 13.6. The number of halogens is 2. The number of thiophene rings is 1. The normalized spacial score (nSPS) is 10.6. The summed E-state index contributed by atoms with van der Waals surface area (Å²) in [5.74, 6) is -1.42. The van der Waals surface area contributed by atoms with Crippen LogP contribution in [-0.4, -0.2) is 10.9 Å². The highest BCUT2D eigenvalue weighted by Gasteiger charge is 2.13. The summed E-state index contributed by atoms with van der Waals surface area (Å²) in [5.41, 5.74) is 0.559. The standard InChI is InChI=1S/C15H10F2N2OS2/c16-12-2-1-3-13(17)11(12)6-10-7-18-15(22-10)19-14(20)9-4-5-21-8-9/h1-5,7-8H,6H2,(H,18,19,20). The molecule has 0 aliphatic carbocycles. The number of thiazole rings is 1. The van der Waals surface area contributed by atoms with Crippen LogP contribution in [0.3, 0.4) is 0 Å². The molecule has 1 N–H and O–H groups in total. The van der Waals surface area contributed by atoms with Crippen LogP contribution < -0.4 is 5.32 Å². The molecule has 1 aromatic carbocycles. The number of nitrogens with one attached hydrogen (secondary N) is 1. The van der Waals surface area contributed by atoms with Crippen LogP contribution in [0.2, 0.25) is 0 Å². The molecule has 3 rings (SSSR count). The van der Waals surface area contributed by atoms with E-state index in [2.05, 4.69) is 10.3 Å². The van der Waals surface area contributed by atoms with Gasteiger partial charge in [0.15, 0.2) is 5.13 Å². The van der Waals surface area contributed by atoms with Gasteiger partial charge in [0, 0.05) is 28.4 Å². The minimum atomic E-state index is -0.586. The van der Waals surface area contributed by atoms with Gasteiger partial charge >= 0.3 is 0 Å². The molecule has 2 heterocycles. The Bertz CT molecular complexity index is 779. The van der Waals surface area contributed by atoms with Gasteiger partial charge in [0.25, 0.3) is 5.91 Å². The second kappa shape index (κ2) is 6.33. The Kier molecular flexibility index (Phi) is 4.26. The van der Waals surface area contributed by atoms with Gasteiger partial charge in [-0.05, 0) is 23.6 Å². The van der Waals surface area contributed by atoms with E-state index in [1.807, 2.05) is 5.38 Å². The van der Waals surface area contributed by atoms with Gasteiger partial charge in [-0.2, -0.15) is 11.3 Å². The van der Waals surface area contributed by atoms with Crippen LogP contribution in [0.4, 0.5) is 13.9 Å². The molecule has 0 fully saturated rings. The highest BCUT2D eigenvalue weighted by Crippen LogP contribution is 2.24. The average molecular weight is 336 g/mol. The number of hydrogen-bond donors (Lipinski definition) is 1. The Hall–Kier alpha value is -2.12. The van der Waals surface area contributed by atoms with E-state index in [-0.39, 0.29) is 17.9 Å². The molecule has 2 aromatic heterocycles. The van der Waals surface area contributed by atoms with Crippen LogP contribution in [0.5, 0.6) is 0 Å². The van der Waals surface area contributed by atoms with Crippen LogP contribution in [-0.2, 0) is 6.42 Å². The fourth-order valence-electron chi connectivity index (χ4n) is 1.89. The van der Waals surface area contributed by atoms with Crippen molar-refractivity contribution in [1.29, 1.82) is 0 Å². The quantitative estimate of drug-likeness (QED) is 0.771. The number of hydrogen-bond acceptors (Lipinski definition) is 4. The Balaban J connectivity index is 1.73. The van der Waals surface area contributed by atoms with Crippen molar-refractivity contribution < 1.29 is 13.6 Å². The predicted octanol–water partition coefficient (Wildman–Crippen LogP) is 4.33. The van der Waals surface area contributed by atoms with E-state index >= 15 is 0 Å². The summed E-state index contributed by atoms with van der Waals surface area (Å²) in [4.78, 5) is 16.6. The van der Waals surface area contributed by atoms with Crippen LogP contribution in [0.25, 0.3) is 0 Å². The molecule has 3 nitrogen and oxygen atoms in total. The molecule has 0 atom stereocenters. The smallest absolute Gasteiger partial charge is 0.258 e. The first kappa shape index (κ1) is 14.8. The third-order valence-corrected chi connectivity index (χ3v) is 4.57. The maximum absolute atomic E-state index is 13.6. The lowest BCUT2D eigenvalue weighted by atomic mass is 10.1. The summed E-state index contributed by atoms with van der Waals surface area (Å²) in [6.07, 6.45) is 1.62. The fourth-order valence-corrected chi connectivity index (χ4v) is 3.34. The minimum absolute atomic E-state index is 0.00172. The number of nitrogens with zero attached hydrogens (tertiary/aromatic N) is 1. The summed E-state index contributed by atoms with van der Waals surface area (Å²) >= 11 is 2.63. The molecule has 0 bridgehead atoms. The molecule has 7 heteroatoms. The van der Waals surface area contributed by atoms with Crippen LogP contribution in [0, 0.1) is 11.6 Å². The second-order valence-electron chi connectivity index (χ2n) is 4.47. The second-order valence-corrected chi connectivity index (χ2v) is 6.37. The van der Waals surface area contributed by atoms with Crippen LogP contribution >= 0.6 is 22.7 Å². The van der Waals surface area contributed by atoms with Crippen molar-refractivity contribution in [2.24, 2.45) is 0 Å². The Labute approximate surface area is 133 Å². The third kappa shape index (κ3) is 3.20. The Morgan fingerprint density at radius 3 is 2.68 bits per heavy atom. The van der Waals surface area contributed by atoms with Gasteiger partial charge in [0.2, 0.25) is 0 Å². The van der Waals surface area contributed by atoms with Gasteiger partial charge in [-0.1, -0.05) is 6.07 Å². The molecule has 0 radical (unpaired) electrons. The maximum Gasteiger partial charge on any atom is 0.258 e. The largest absolute Gasteiger partial charge is 0.298 e. The lowest BCUT2D eigenvalue weighted by molar-refractivity contribution is 0.102. The summed E-state index contributed by atoms with van der Waals surface area (Å²) in [7, 11) is 0. The molecular formula is C15H10F2N2OS2. The van der Waals surface area contributed by atoms with E-state index in [0.717, 1.165) is 0 Å².